The van der Waals surface area contributed by atoms with E-state index in [1.807, 2.05) is 6.07 Å². The zero-order valence-corrected chi connectivity index (χ0v) is 13.9. The highest BCUT2D eigenvalue weighted by molar-refractivity contribution is 9.10. The van der Waals surface area contributed by atoms with Gasteiger partial charge in [0.15, 0.2) is 0 Å². The zero-order chi connectivity index (χ0) is 14.4. The van der Waals surface area contributed by atoms with Crippen molar-refractivity contribution in [3.63, 3.8) is 0 Å². The summed E-state index contributed by atoms with van der Waals surface area (Å²) in [6.45, 7) is 3.30. The molecule has 1 nitrogen and oxygen atoms in total. The number of rotatable bonds is 7. The quantitative estimate of drug-likeness (QED) is 0.729. The van der Waals surface area contributed by atoms with Gasteiger partial charge in [0.2, 0.25) is 0 Å². The molecule has 1 aromatic carbocycles. The summed E-state index contributed by atoms with van der Waals surface area (Å²) in [6.07, 6.45) is 8.70. The second-order valence-corrected chi connectivity index (χ2v) is 6.84. The van der Waals surface area contributed by atoms with Crippen molar-refractivity contribution in [3.05, 3.63) is 34.1 Å². The first-order chi connectivity index (χ1) is 9.69. The van der Waals surface area contributed by atoms with E-state index in [1.165, 1.54) is 38.2 Å². The fourth-order valence-electron chi connectivity index (χ4n) is 3.27. The van der Waals surface area contributed by atoms with Crippen LogP contribution in [0.5, 0.6) is 0 Å². The van der Waals surface area contributed by atoms with Gasteiger partial charge >= 0.3 is 0 Å². The maximum Gasteiger partial charge on any atom is 0.124 e. The Morgan fingerprint density at radius 3 is 2.70 bits per heavy atom. The van der Waals surface area contributed by atoms with Crippen LogP contribution in [0.2, 0.25) is 0 Å². The fraction of sp³-hybridized carbons (Fsp3) is 0.647. The molecule has 0 spiro atoms. The molecule has 0 heterocycles. The Balaban J connectivity index is 1.92. The van der Waals surface area contributed by atoms with Crippen molar-refractivity contribution in [2.45, 2.75) is 57.9 Å². The van der Waals surface area contributed by atoms with Gasteiger partial charge in [0.25, 0.3) is 0 Å². The van der Waals surface area contributed by atoms with Crippen LogP contribution in [0, 0.1) is 11.7 Å². The summed E-state index contributed by atoms with van der Waals surface area (Å²) in [5.74, 6) is 0.673. The molecule has 2 rings (SSSR count). The lowest BCUT2D eigenvalue weighted by Crippen LogP contribution is -2.36. The summed E-state index contributed by atoms with van der Waals surface area (Å²) < 4.78 is 14.2. The molecular weight excluding hydrogens is 317 g/mol. The Morgan fingerprint density at radius 1 is 1.30 bits per heavy atom. The molecule has 1 N–H and O–H groups in total. The number of nitrogens with one attached hydrogen (secondary N) is 1. The minimum absolute atomic E-state index is 0.145. The van der Waals surface area contributed by atoms with E-state index in [2.05, 4.69) is 28.2 Å². The highest BCUT2D eigenvalue weighted by Gasteiger charge is 2.24. The van der Waals surface area contributed by atoms with Gasteiger partial charge in [0, 0.05) is 10.5 Å². The van der Waals surface area contributed by atoms with Crippen molar-refractivity contribution >= 4 is 15.9 Å². The number of hydrogen-bond donors (Lipinski definition) is 1. The standard InChI is InChI=1S/C17H25BrFN/c1-2-9-20-17(14-5-3-4-6-14)8-7-13-10-15(18)12-16(19)11-13/h10-12,14,17,20H,2-9H2,1H3. The molecule has 1 fully saturated rings. The third kappa shape index (κ3) is 4.85. The summed E-state index contributed by atoms with van der Waals surface area (Å²) in [5, 5.41) is 3.71. The average Bonchev–Trinajstić information content (AvgIpc) is 2.91. The molecule has 112 valence electrons. The lowest BCUT2D eigenvalue weighted by atomic mass is 9.92. The van der Waals surface area contributed by atoms with Crippen molar-refractivity contribution in [2.24, 2.45) is 5.92 Å². The van der Waals surface area contributed by atoms with E-state index in [4.69, 9.17) is 0 Å². The van der Waals surface area contributed by atoms with E-state index in [1.54, 1.807) is 6.07 Å². The molecule has 20 heavy (non-hydrogen) atoms. The van der Waals surface area contributed by atoms with E-state index < -0.39 is 0 Å². The third-order valence-corrected chi connectivity index (χ3v) is 4.75. The number of hydrogen-bond acceptors (Lipinski definition) is 1. The van der Waals surface area contributed by atoms with Gasteiger partial charge in [0.1, 0.15) is 5.82 Å². The molecule has 3 heteroatoms. The van der Waals surface area contributed by atoms with Gasteiger partial charge in [0.05, 0.1) is 0 Å². The van der Waals surface area contributed by atoms with Crippen LogP contribution in [0.3, 0.4) is 0 Å². The first-order valence-electron chi connectivity index (χ1n) is 7.87. The number of aryl methyl sites for hydroxylation is 1. The summed E-state index contributed by atoms with van der Waals surface area (Å²) in [7, 11) is 0. The minimum Gasteiger partial charge on any atom is -0.314 e. The fourth-order valence-corrected chi connectivity index (χ4v) is 3.78. The van der Waals surface area contributed by atoms with Crippen molar-refractivity contribution < 1.29 is 4.39 Å². The van der Waals surface area contributed by atoms with E-state index in [0.717, 1.165) is 35.3 Å². The van der Waals surface area contributed by atoms with E-state index in [-0.39, 0.29) is 5.82 Å². The van der Waals surface area contributed by atoms with Crippen LogP contribution in [0.15, 0.2) is 22.7 Å². The van der Waals surface area contributed by atoms with Crippen molar-refractivity contribution in [1.82, 2.24) is 5.32 Å². The molecule has 1 saturated carbocycles. The highest BCUT2D eigenvalue weighted by Crippen LogP contribution is 2.30. The van der Waals surface area contributed by atoms with Crippen molar-refractivity contribution in [2.75, 3.05) is 6.54 Å². The smallest absolute Gasteiger partial charge is 0.124 e. The number of halogens is 2. The molecule has 0 aliphatic heterocycles. The molecule has 1 unspecified atom stereocenters. The molecule has 0 saturated heterocycles. The first kappa shape index (κ1) is 16.0. The average molecular weight is 342 g/mol. The van der Waals surface area contributed by atoms with Crippen LogP contribution < -0.4 is 5.32 Å². The summed E-state index contributed by atoms with van der Waals surface area (Å²) >= 11 is 3.37. The molecule has 0 bridgehead atoms. The van der Waals surface area contributed by atoms with Gasteiger partial charge in [-0.25, -0.2) is 4.39 Å². The SMILES string of the molecule is CCCNC(CCc1cc(F)cc(Br)c1)C1CCCC1. The van der Waals surface area contributed by atoms with Crippen molar-refractivity contribution in [3.8, 4) is 0 Å². The summed E-state index contributed by atoms with van der Waals surface area (Å²) in [5.41, 5.74) is 1.10. The molecule has 1 atom stereocenters. The topological polar surface area (TPSA) is 12.0 Å². The van der Waals surface area contributed by atoms with Crippen molar-refractivity contribution in [1.29, 1.82) is 0 Å². The van der Waals surface area contributed by atoms with Gasteiger partial charge in [-0.1, -0.05) is 35.7 Å². The van der Waals surface area contributed by atoms with Gasteiger partial charge in [-0.2, -0.15) is 0 Å². The Morgan fingerprint density at radius 2 is 2.05 bits per heavy atom. The maximum atomic E-state index is 13.4. The van der Waals surface area contributed by atoms with Gasteiger partial charge < -0.3 is 5.32 Å². The third-order valence-electron chi connectivity index (χ3n) is 4.29. The maximum absolute atomic E-state index is 13.4. The monoisotopic (exact) mass is 341 g/mol. The van der Waals surface area contributed by atoms with E-state index in [9.17, 15) is 4.39 Å². The second kappa shape index (κ2) is 8.14. The minimum atomic E-state index is -0.145. The van der Waals surface area contributed by atoms with Crippen LogP contribution in [0.1, 0.15) is 51.0 Å². The summed E-state index contributed by atoms with van der Waals surface area (Å²) in [4.78, 5) is 0. The Hall–Kier alpha value is -0.410. The lowest BCUT2D eigenvalue weighted by molar-refractivity contribution is 0.340. The summed E-state index contributed by atoms with van der Waals surface area (Å²) in [6, 6.07) is 5.82. The molecule has 1 aromatic rings. The molecular formula is C17H25BrFN. The van der Waals surface area contributed by atoms with Crippen LogP contribution in [0.25, 0.3) is 0 Å². The predicted octanol–water partition coefficient (Wildman–Crippen LogP) is 5.08. The predicted molar refractivity (Wildman–Crippen MR) is 86.5 cm³/mol. The molecule has 0 amide bonds. The first-order valence-corrected chi connectivity index (χ1v) is 8.66. The van der Waals surface area contributed by atoms with E-state index >= 15 is 0 Å². The van der Waals surface area contributed by atoms with E-state index in [0.29, 0.717) is 6.04 Å². The zero-order valence-electron chi connectivity index (χ0n) is 12.3. The Labute approximate surface area is 130 Å². The Bertz CT molecular complexity index is 395. The largest absolute Gasteiger partial charge is 0.314 e. The van der Waals surface area contributed by atoms with Gasteiger partial charge in [-0.15, -0.1) is 0 Å². The van der Waals surface area contributed by atoms with Crippen LogP contribution in [-0.4, -0.2) is 12.6 Å². The normalized spacial score (nSPS) is 17.6. The van der Waals surface area contributed by atoms with Gasteiger partial charge in [-0.05, 0) is 68.3 Å². The highest BCUT2D eigenvalue weighted by atomic mass is 79.9. The van der Waals surface area contributed by atoms with Crippen LogP contribution >= 0.6 is 15.9 Å². The van der Waals surface area contributed by atoms with Crippen LogP contribution in [0.4, 0.5) is 4.39 Å². The number of benzene rings is 1. The lowest BCUT2D eigenvalue weighted by Gasteiger charge is -2.25. The molecule has 0 aromatic heterocycles. The Kier molecular flexibility index (Phi) is 6.50. The van der Waals surface area contributed by atoms with Gasteiger partial charge in [-0.3, -0.25) is 0 Å². The second-order valence-electron chi connectivity index (χ2n) is 5.92. The molecule has 1 aliphatic rings. The molecule has 0 radical (unpaired) electrons. The van der Waals surface area contributed by atoms with Crippen LogP contribution in [-0.2, 0) is 6.42 Å². The molecule has 1 aliphatic carbocycles.